The quantitative estimate of drug-likeness (QED) is 0.815. The Morgan fingerprint density at radius 1 is 1.56 bits per heavy atom. The van der Waals surface area contributed by atoms with Gasteiger partial charge < -0.3 is 5.32 Å². The Kier molecular flexibility index (Phi) is 3.73. The second-order valence-electron chi connectivity index (χ2n) is 3.03. The van der Waals surface area contributed by atoms with Crippen molar-refractivity contribution in [1.29, 1.82) is 0 Å². The van der Waals surface area contributed by atoms with Crippen LogP contribution in [0.25, 0.3) is 0 Å². The summed E-state index contributed by atoms with van der Waals surface area (Å²) in [6, 6.07) is 0. The predicted molar refractivity (Wildman–Crippen MR) is 64.6 cm³/mol. The normalized spacial score (nSPS) is 10.6. The Morgan fingerprint density at radius 2 is 2.44 bits per heavy atom. The fraction of sp³-hybridized carbons (Fsp3) is 0.500. The van der Waals surface area contributed by atoms with Crippen molar-refractivity contribution in [3.63, 3.8) is 0 Å². The SMILES string of the molecule is CCNc1snnc1CSc1ncnn1C. The second-order valence-corrected chi connectivity index (χ2v) is 4.73. The highest BCUT2D eigenvalue weighted by Gasteiger charge is 2.09. The number of hydrogen-bond donors (Lipinski definition) is 1. The maximum absolute atomic E-state index is 4.14. The summed E-state index contributed by atoms with van der Waals surface area (Å²) in [6.45, 7) is 2.94. The van der Waals surface area contributed by atoms with Crippen molar-refractivity contribution in [1.82, 2.24) is 24.4 Å². The molecule has 2 aromatic heterocycles. The first kappa shape index (κ1) is 11.3. The van der Waals surface area contributed by atoms with Crippen LogP contribution in [0.3, 0.4) is 0 Å². The lowest BCUT2D eigenvalue weighted by atomic mass is 10.5. The van der Waals surface area contributed by atoms with Crippen molar-refractivity contribution < 1.29 is 0 Å². The van der Waals surface area contributed by atoms with Crippen molar-refractivity contribution in [2.75, 3.05) is 11.9 Å². The number of hydrogen-bond acceptors (Lipinski definition) is 7. The lowest BCUT2D eigenvalue weighted by molar-refractivity contribution is 0.685. The van der Waals surface area contributed by atoms with Crippen LogP contribution in [0.4, 0.5) is 5.00 Å². The average molecular weight is 256 g/mol. The zero-order valence-corrected chi connectivity index (χ0v) is 10.7. The first-order valence-electron chi connectivity index (χ1n) is 4.83. The third kappa shape index (κ3) is 2.50. The molecule has 16 heavy (non-hydrogen) atoms. The average Bonchev–Trinajstić information content (AvgIpc) is 2.86. The smallest absolute Gasteiger partial charge is 0.186 e. The summed E-state index contributed by atoms with van der Waals surface area (Å²) in [5, 5.41) is 13.3. The van der Waals surface area contributed by atoms with Crippen LogP contribution in [0.15, 0.2) is 11.5 Å². The van der Waals surface area contributed by atoms with Crippen molar-refractivity contribution in [2.24, 2.45) is 7.05 Å². The van der Waals surface area contributed by atoms with E-state index in [0.717, 1.165) is 28.1 Å². The molecule has 2 rings (SSSR count). The molecule has 6 nitrogen and oxygen atoms in total. The molecule has 0 unspecified atom stereocenters. The van der Waals surface area contributed by atoms with E-state index >= 15 is 0 Å². The number of anilines is 1. The van der Waals surface area contributed by atoms with E-state index < -0.39 is 0 Å². The van der Waals surface area contributed by atoms with E-state index in [1.54, 1.807) is 22.8 Å². The molecule has 0 radical (unpaired) electrons. The van der Waals surface area contributed by atoms with E-state index in [-0.39, 0.29) is 0 Å². The molecule has 2 heterocycles. The monoisotopic (exact) mass is 256 g/mol. The van der Waals surface area contributed by atoms with Crippen molar-refractivity contribution in [3.8, 4) is 0 Å². The molecule has 0 spiro atoms. The molecular weight excluding hydrogens is 244 g/mol. The molecule has 8 heteroatoms. The Balaban J connectivity index is 1.99. The molecule has 0 fully saturated rings. The highest BCUT2D eigenvalue weighted by Crippen LogP contribution is 2.25. The zero-order chi connectivity index (χ0) is 11.4. The second kappa shape index (κ2) is 5.26. The van der Waals surface area contributed by atoms with Crippen LogP contribution in [0.2, 0.25) is 0 Å². The fourth-order valence-corrected chi connectivity index (χ4v) is 2.71. The Labute approximate surface area is 102 Å². The summed E-state index contributed by atoms with van der Waals surface area (Å²) in [4.78, 5) is 4.14. The van der Waals surface area contributed by atoms with Gasteiger partial charge in [0.15, 0.2) is 5.16 Å². The van der Waals surface area contributed by atoms with E-state index in [0.29, 0.717) is 0 Å². The van der Waals surface area contributed by atoms with Crippen LogP contribution >= 0.6 is 23.3 Å². The maximum Gasteiger partial charge on any atom is 0.186 e. The van der Waals surface area contributed by atoms with Gasteiger partial charge in [-0.15, -0.1) is 5.10 Å². The fourth-order valence-electron chi connectivity index (χ4n) is 1.15. The number of thioether (sulfide) groups is 1. The molecule has 0 aliphatic heterocycles. The van der Waals surface area contributed by atoms with Crippen LogP contribution in [0.1, 0.15) is 12.6 Å². The van der Waals surface area contributed by atoms with Crippen LogP contribution in [0.5, 0.6) is 0 Å². The van der Waals surface area contributed by atoms with Gasteiger partial charge in [0.25, 0.3) is 0 Å². The number of aryl methyl sites for hydroxylation is 1. The number of aromatic nitrogens is 5. The lowest BCUT2D eigenvalue weighted by Gasteiger charge is -2.01. The zero-order valence-electron chi connectivity index (χ0n) is 9.04. The third-order valence-electron chi connectivity index (χ3n) is 1.90. The molecule has 0 aliphatic carbocycles. The third-order valence-corrected chi connectivity index (χ3v) is 3.67. The van der Waals surface area contributed by atoms with Crippen LogP contribution in [-0.4, -0.2) is 30.9 Å². The molecule has 2 aromatic rings. The molecule has 1 N–H and O–H groups in total. The van der Waals surface area contributed by atoms with E-state index in [4.69, 9.17) is 0 Å². The minimum Gasteiger partial charge on any atom is -0.374 e. The summed E-state index contributed by atoms with van der Waals surface area (Å²) in [7, 11) is 1.87. The van der Waals surface area contributed by atoms with Gasteiger partial charge in [-0.3, -0.25) is 0 Å². The first-order valence-corrected chi connectivity index (χ1v) is 6.59. The van der Waals surface area contributed by atoms with Crippen LogP contribution < -0.4 is 5.32 Å². The van der Waals surface area contributed by atoms with Gasteiger partial charge in [0.05, 0.1) is 0 Å². The summed E-state index contributed by atoms with van der Waals surface area (Å²) in [5.41, 5.74) is 0.972. The highest BCUT2D eigenvalue weighted by molar-refractivity contribution is 7.98. The van der Waals surface area contributed by atoms with E-state index in [2.05, 4.69) is 31.9 Å². The predicted octanol–water partition coefficient (Wildman–Crippen LogP) is 1.39. The molecular formula is C8H12N6S2. The van der Waals surface area contributed by atoms with E-state index in [1.807, 2.05) is 7.05 Å². The van der Waals surface area contributed by atoms with E-state index in [9.17, 15) is 0 Å². The lowest BCUT2D eigenvalue weighted by Crippen LogP contribution is -1.98. The van der Waals surface area contributed by atoms with Crippen molar-refractivity contribution in [3.05, 3.63) is 12.0 Å². The van der Waals surface area contributed by atoms with Gasteiger partial charge in [-0.1, -0.05) is 16.3 Å². The Morgan fingerprint density at radius 3 is 3.12 bits per heavy atom. The summed E-state index contributed by atoms with van der Waals surface area (Å²) in [6.07, 6.45) is 1.55. The summed E-state index contributed by atoms with van der Waals surface area (Å²) >= 11 is 2.99. The van der Waals surface area contributed by atoms with Gasteiger partial charge in [0, 0.05) is 30.9 Å². The number of nitrogens with zero attached hydrogens (tertiary/aromatic N) is 5. The maximum atomic E-state index is 4.14. The van der Waals surface area contributed by atoms with Gasteiger partial charge in [-0.25, -0.2) is 9.67 Å². The van der Waals surface area contributed by atoms with Gasteiger partial charge in [0.2, 0.25) is 0 Å². The van der Waals surface area contributed by atoms with Crippen LogP contribution in [-0.2, 0) is 12.8 Å². The summed E-state index contributed by atoms with van der Waals surface area (Å²) < 4.78 is 5.68. The van der Waals surface area contributed by atoms with Crippen LogP contribution in [0, 0.1) is 0 Å². The van der Waals surface area contributed by atoms with Gasteiger partial charge in [-0.2, -0.15) is 5.10 Å². The molecule has 0 aromatic carbocycles. The molecule has 0 saturated heterocycles. The molecule has 0 atom stereocenters. The van der Waals surface area contributed by atoms with Crippen molar-refractivity contribution in [2.45, 2.75) is 17.8 Å². The molecule has 0 saturated carbocycles. The van der Waals surface area contributed by atoms with Gasteiger partial charge >= 0.3 is 0 Å². The molecule has 0 bridgehead atoms. The largest absolute Gasteiger partial charge is 0.374 e. The summed E-state index contributed by atoms with van der Waals surface area (Å²) in [5.74, 6) is 0.755. The molecule has 0 amide bonds. The minimum atomic E-state index is 0.755. The minimum absolute atomic E-state index is 0.755. The molecule has 0 aliphatic rings. The first-order chi connectivity index (χ1) is 7.81. The Bertz CT molecular complexity index is 451. The van der Waals surface area contributed by atoms with Gasteiger partial charge in [-0.05, 0) is 6.92 Å². The van der Waals surface area contributed by atoms with Crippen molar-refractivity contribution >= 4 is 28.3 Å². The Hall–Kier alpha value is -1.15. The topological polar surface area (TPSA) is 68.5 Å². The standard InChI is InChI=1S/C8H12N6S2/c1-3-9-7-6(12-13-16-7)4-15-8-10-5-11-14(8)2/h5,9H,3-4H2,1-2H3. The number of rotatable bonds is 5. The van der Waals surface area contributed by atoms with Gasteiger partial charge in [0.1, 0.15) is 17.0 Å². The number of nitrogens with one attached hydrogen (secondary N) is 1. The molecule has 86 valence electrons. The van der Waals surface area contributed by atoms with E-state index in [1.165, 1.54) is 11.5 Å². The highest BCUT2D eigenvalue weighted by atomic mass is 32.2.